The van der Waals surface area contributed by atoms with Gasteiger partial charge < -0.3 is 14.2 Å². The van der Waals surface area contributed by atoms with E-state index in [-0.39, 0.29) is 0 Å². The third-order valence-corrected chi connectivity index (χ3v) is 4.18. The number of unbranched alkanes of at least 4 members (excludes halogenated alkanes) is 1. The first-order valence-corrected chi connectivity index (χ1v) is 8.85. The summed E-state index contributed by atoms with van der Waals surface area (Å²) in [5, 5.41) is 2.32. The third kappa shape index (κ3) is 4.05. The lowest BCUT2D eigenvalue weighted by Crippen LogP contribution is -2.14. The Hall–Kier alpha value is -1.65. The van der Waals surface area contributed by atoms with Crippen LogP contribution in [0.4, 0.5) is 0 Å². The van der Waals surface area contributed by atoms with E-state index in [1.54, 1.807) is 7.11 Å². The molecule has 0 aliphatic carbocycles. The van der Waals surface area contributed by atoms with Gasteiger partial charge in [-0.05, 0) is 62.3 Å². The van der Waals surface area contributed by atoms with Crippen LogP contribution in [0.3, 0.4) is 0 Å². The van der Waals surface area contributed by atoms with Crippen LogP contribution in [0.25, 0.3) is 10.8 Å². The van der Waals surface area contributed by atoms with Gasteiger partial charge in [-0.1, -0.05) is 13.3 Å². The van der Waals surface area contributed by atoms with Crippen molar-refractivity contribution in [2.75, 3.05) is 20.3 Å². The standard InChI is InChI=1S/C20H29NO3/c1-6-9-10-16-17-12-18(22-5)14(4)11-15(17)13-21-19(16)20(23-7-2)24-8-3/h11-13,20H,6-10H2,1-5H3. The fourth-order valence-corrected chi connectivity index (χ4v) is 2.98. The summed E-state index contributed by atoms with van der Waals surface area (Å²) >= 11 is 0. The lowest BCUT2D eigenvalue weighted by atomic mass is 9.97. The van der Waals surface area contributed by atoms with Crippen LogP contribution in [0.1, 0.15) is 56.7 Å². The highest BCUT2D eigenvalue weighted by atomic mass is 16.7. The molecule has 1 aromatic carbocycles. The van der Waals surface area contributed by atoms with Crippen LogP contribution in [0, 0.1) is 6.92 Å². The number of pyridine rings is 1. The van der Waals surface area contributed by atoms with Gasteiger partial charge in [0.05, 0.1) is 7.11 Å². The van der Waals surface area contributed by atoms with Gasteiger partial charge in [0.2, 0.25) is 6.29 Å². The second kappa shape index (κ2) is 9.00. The Morgan fingerprint density at radius 1 is 1.08 bits per heavy atom. The molecule has 2 rings (SSSR count). The van der Waals surface area contributed by atoms with E-state index in [0.717, 1.165) is 41.7 Å². The fraction of sp³-hybridized carbons (Fsp3) is 0.550. The van der Waals surface area contributed by atoms with E-state index in [0.29, 0.717) is 13.2 Å². The first-order chi connectivity index (χ1) is 11.7. The van der Waals surface area contributed by atoms with Crippen molar-refractivity contribution in [3.63, 3.8) is 0 Å². The number of benzene rings is 1. The number of fused-ring (bicyclic) bond motifs is 1. The number of rotatable bonds is 9. The summed E-state index contributed by atoms with van der Waals surface area (Å²) in [5.41, 5.74) is 3.22. The predicted octanol–water partition coefficient (Wildman–Crippen LogP) is 4.97. The minimum atomic E-state index is -0.413. The van der Waals surface area contributed by atoms with Crippen molar-refractivity contribution >= 4 is 10.8 Å². The molecule has 0 unspecified atom stereocenters. The summed E-state index contributed by atoms with van der Waals surface area (Å²) in [6.45, 7) is 9.40. The summed E-state index contributed by atoms with van der Waals surface area (Å²) in [4.78, 5) is 4.70. The van der Waals surface area contributed by atoms with Gasteiger partial charge in [-0.3, -0.25) is 4.98 Å². The lowest BCUT2D eigenvalue weighted by Gasteiger charge is -2.21. The largest absolute Gasteiger partial charge is 0.496 e. The topological polar surface area (TPSA) is 40.6 Å². The minimum Gasteiger partial charge on any atom is -0.496 e. The number of hydrogen-bond donors (Lipinski definition) is 0. The minimum absolute atomic E-state index is 0.413. The summed E-state index contributed by atoms with van der Waals surface area (Å²) < 4.78 is 17.1. The molecule has 132 valence electrons. The summed E-state index contributed by atoms with van der Waals surface area (Å²) in [7, 11) is 1.71. The summed E-state index contributed by atoms with van der Waals surface area (Å²) in [6, 6.07) is 4.26. The molecule has 0 atom stereocenters. The lowest BCUT2D eigenvalue weighted by molar-refractivity contribution is -0.143. The van der Waals surface area contributed by atoms with Crippen LogP contribution in [0.15, 0.2) is 18.3 Å². The van der Waals surface area contributed by atoms with Gasteiger partial charge >= 0.3 is 0 Å². The predicted molar refractivity (Wildman–Crippen MR) is 97.6 cm³/mol. The van der Waals surface area contributed by atoms with Crippen molar-refractivity contribution in [3.05, 3.63) is 35.2 Å². The molecule has 0 radical (unpaired) electrons. The van der Waals surface area contributed by atoms with Crippen LogP contribution in [0.2, 0.25) is 0 Å². The van der Waals surface area contributed by atoms with E-state index >= 15 is 0 Å². The second-order valence-electron chi connectivity index (χ2n) is 5.88. The van der Waals surface area contributed by atoms with Crippen LogP contribution < -0.4 is 4.74 Å². The fourth-order valence-electron chi connectivity index (χ4n) is 2.98. The zero-order valence-electron chi connectivity index (χ0n) is 15.5. The monoisotopic (exact) mass is 331 g/mol. The van der Waals surface area contributed by atoms with Gasteiger partial charge in [-0.25, -0.2) is 0 Å². The van der Waals surface area contributed by atoms with Crippen molar-refractivity contribution in [1.29, 1.82) is 0 Å². The Morgan fingerprint density at radius 2 is 1.79 bits per heavy atom. The Bertz CT molecular complexity index is 663. The summed E-state index contributed by atoms with van der Waals surface area (Å²) in [5.74, 6) is 0.904. The average molecular weight is 331 g/mol. The van der Waals surface area contributed by atoms with Crippen molar-refractivity contribution in [1.82, 2.24) is 4.98 Å². The number of methoxy groups -OCH3 is 1. The van der Waals surface area contributed by atoms with Gasteiger partial charge in [-0.15, -0.1) is 0 Å². The molecule has 4 heteroatoms. The van der Waals surface area contributed by atoms with E-state index in [1.807, 2.05) is 20.0 Å². The molecule has 0 aliphatic rings. The van der Waals surface area contributed by atoms with Crippen LogP contribution in [-0.2, 0) is 15.9 Å². The normalized spacial score (nSPS) is 11.4. The van der Waals surface area contributed by atoms with Crippen LogP contribution in [-0.4, -0.2) is 25.3 Å². The highest BCUT2D eigenvalue weighted by Crippen LogP contribution is 2.32. The van der Waals surface area contributed by atoms with Crippen molar-refractivity contribution in [2.24, 2.45) is 0 Å². The van der Waals surface area contributed by atoms with E-state index < -0.39 is 6.29 Å². The first kappa shape index (κ1) is 18.7. The Balaban J connectivity index is 2.62. The number of aromatic nitrogens is 1. The van der Waals surface area contributed by atoms with Crippen LogP contribution >= 0.6 is 0 Å². The maximum absolute atomic E-state index is 5.80. The average Bonchev–Trinajstić information content (AvgIpc) is 2.58. The van der Waals surface area contributed by atoms with Gasteiger partial charge in [0.1, 0.15) is 11.4 Å². The second-order valence-corrected chi connectivity index (χ2v) is 5.88. The van der Waals surface area contributed by atoms with E-state index in [9.17, 15) is 0 Å². The molecule has 0 saturated carbocycles. The quantitative estimate of drug-likeness (QED) is 0.609. The number of hydrogen-bond acceptors (Lipinski definition) is 4. The Labute approximate surface area is 145 Å². The van der Waals surface area contributed by atoms with Gasteiger partial charge in [0.15, 0.2) is 0 Å². The van der Waals surface area contributed by atoms with E-state index in [4.69, 9.17) is 19.2 Å². The smallest absolute Gasteiger partial charge is 0.201 e. The van der Waals surface area contributed by atoms with Crippen molar-refractivity contribution in [2.45, 2.75) is 53.2 Å². The zero-order valence-corrected chi connectivity index (χ0v) is 15.5. The summed E-state index contributed by atoms with van der Waals surface area (Å²) in [6.07, 6.45) is 4.70. The molecule has 0 saturated heterocycles. The molecule has 0 aliphatic heterocycles. The maximum atomic E-state index is 5.80. The molecule has 1 heterocycles. The zero-order chi connectivity index (χ0) is 17.5. The highest BCUT2D eigenvalue weighted by Gasteiger charge is 2.20. The van der Waals surface area contributed by atoms with Crippen LogP contribution in [0.5, 0.6) is 5.75 Å². The maximum Gasteiger partial charge on any atom is 0.201 e. The first-order valence-electron chi connectivity index (χ1n) is 8.85. The molecule has 1 aromatic heterocycles. The number of nitrogens with zero attached hydrogens (tertiary/aromatic N) is 1. The molecule has 0 amide bonds. The Morgan fingerprint density at radius 3 is 2.38 bits per heavy atom. The Kier molecular flexibility index (Phi) is 7.00. The molecule has 0 N–H and O–H groups in total. The SMILES string of the molecule is CCCCc1c(C(OCC)OCC)ncc2cc(C)c(OC)cc12. The molecular weight excluding hydrogens is 302 g/mol. The van der Waals surface area contributed by atoms with Gasteiger partial charge in [-0.2, -0.15) is 0 Å². The van der Waals surface area contributed by atoms with Crippen molar-refractivity contribution in [3.8, 4) is 5.75 Å². The highest BCUT2D eigenvalue weighted by molar-refractivity contribution is 5.88. The van der Waals surface area contributed by atoms with E-state index in [2.05, 4.69) is 26.0 Å². The van der Waals surface area contributed by atoms with E-state index in [1.165, 1.54) is 10.9 Å². The molecule has 4 nitrogen and oxygen atoms in total. The van der Waals surface area contributed by atoms with Gasteiger partial charge in [0.25, 0.3) is 0 Å². The molecule has 0 spiro atoms. The van der Waals surface area contributed by atoms with Gasteiger partial charge in [0, 0.05) is 24.8 Å². The van der Waals surface area contributed by atoms with Crippen molar-refractivity contribution < 1.29 is 14.2 Å². The molecule has 2 aromatic rings. The number of ether oxygens (including phenoxy) is 3. The molecule has 0 bridgehead atoms. The third-order valence-electron chi connectivity index (χ3n) is 4.18. The molecule has 0 fully saturated rings. The number of aryl methyl sites for hydroxylation is 2. The molecule has 24 heavy (non-hydrogen) atoms. The molecular formula is C20H29NO3.